The largest absolute Gasteiger partial charge is 0.496 e. The van der Waals surface area contributed by atoms with Gasteiger partial charge in [0.25, 0.3) is 0 Å². The molecule has 4 nitrogen and oxygen atoms in total. The van der Waals surface area contributed by atoms with Crippen LogP contribution < -0.4 is 9.47 Å². The van der Waals surface area contributed by atoms with Crippen molar-refractivity contribution >= 4 is 22.8 Å². The van der Waals surface area contributed by atoms with Gasteiger partial charge in [-0.25, -0.2) is 4.79 Å². The molecule has 0 saturated heterocycles. The van der Waals surface area contributed by atoms with Crippen molar-refractivity contribution in [3.63, 3.8) is 0 Å². The zero-order chi connectivity index (χ0) is 15.6. The van der Waals surface area contributed by atoms with Crippen molar-refractivity contribution < 1.29 is 19.4 Å². The predicted octanol–water partition coefficient (Wildman–Crippen LogP) is 3.65. The SMILES string of the molecule is COc1c(C)c(C=C(C)C(=O)O)c(OC)c2ccccc12. The van der Waals surface area contributed by atoms with Gasteiger partial charge in [0.2, 0.25) is 0 Å². The number of hydrogen-bond acceptors (Lipinski definition) is 3. The second kappa shape index (κ2) is 5.87. The number of carboxylic acid groups (broad SMARTS) is 1. The lowest BCUT2D eigenvalue weighted by Crippen LogP contribution is -2.00. The summed E-state index contributed by atoms with van der Waals surface area (Å²) in [5.41, 5.74) is 1.83. The van der Waals surface area contributed by atoms with E-state index in [1.54, 1.807) is 27.2 Å². The molecule has 0 aliphatic heterocycles. The van der Waals surface area contributed by atoms with E-state index in [0.29, 0.717) is 5.75 Å². The summed E-state index contributed by atoms with van der Waals surface area (Å²) in [6, 6.07) is 7.74. The Kier molecular flexibility index (Phi) is 4.17. The topological polar surface area (TPSA) is 55.8 Å². The maximum absolute atomic E-state index is 11.1. The lowest BCUT2D eigenvalue weighted by molar-refractivity contribution is -0.132. The van der Waals surface area contributed by atoms with Crippen molar-refractivity contribution in [2.24, 2.45) is 0 Å². The molecule has 2 aromatic rings. The van der Waals surface area contributed by atoms with Gasteiger partial charge in [-0.2, -0.15) is 0 Å². The molecule has 0 atom stereocenters. The third kappa shape index (κ3) is 2.57. The van der Waals surface area contributed by atoms with Crippen LogP contribution >= 0.6 is 0 Å². The third-order valence-electron chi connectivity index (χ3n) is 3.51. The predicted molar refractivity (Wildman–Crippen MR) is 83.1 cm³/mol. The second-order valence-electron chi connectivity index (χ2n) is 4.78. The number of methoxy groups -OCH3 is 2. The van der Waals surface area contributed by atoms with Gasteiger partial charge in [-0.3, -0.25) is 0 Å². The van der Waals surface area contributed by atoms with Gasteiger partial charge < -0.3 is 14.6 Å². The van der Waals surface area contributed by atoms with Crippen molar-refractivity contribution in [2.45, 2.75) is 13.8 Å². The first-order valence-corrected chi connectivity index (χ1v) is 6.56. The van der Waals surface area contributed by atoms with E-state index in [1.807, 2.05) is 31.2 Å². The maximum Gasteiger partial charge on any atom is 0.331 e. The van der Waals surface area contributed by atoms with Crippen LogP contribution in [0, 0.1) is 6.92 Å². The number of fused-ring (bicyclic) bond motifs is 1. The molecular formula is C17H18O4. The Morgan fingerprint density at radius 3 is 2.10 bits per heavy atom. The summed E-state index contributed by atoms with van der Waals surface area (Å²) in [7, 11) is 3.19. The summed E-state index contributed by atoms with van der Waals surface area (Å²) in [5, 5.41) is 10.9. The van der Waals surface area contributed by atoms with Crippen molar-refractivity contribution in [2.75, 3.05) is 14.2 Å². The molecule has 0 saturated carbocycles. The zero-order valence-electron chi connectivity index (χ0n) is 12.6. The molecule has 21 heavy (non-hydrogen) atoms. The number of aliphatic carboxylic acids is 1. The molecule has 1 N–H and O–H groups in total. The minimum Gasteiger partial charge on any atom is -0.496 e. The number of hydrogen-bond donors (Lipinski definition) is 1. The molecule has 0 fully saturated rings. The molecule has 0 radical (unpaired) electrons. The highest BCUT2D eigenvalue weighted by molar-refractivity contribution is 6.00. The average Bonchev–Trinajstić information content (AvgIpc) is 2.48. The minimum absolute atomic E-state index is 0.244. The van der Waals surface area contributed by atoms with Crippen LogP contribution in [0.25, 0.3) is 16.8 Å². The Hall–Kier alpha value is -2.49. The molecule has 2 aromatic carbocycles. The standard InChI is InChI=1S/C17H18O4/c1-10(17(18)19)9-14-11(2)15(20-3)12-7-5-6-8-13(12)16(14)21-4/h5-9H,1-4H3,(H,18,19). The maximum atomic E-state index is 11.1. The van der Waals surface area contributed by atoms with Crippen molar-refractivity contribution in [1.29, 1.82) is 0 Å². The Morgan fingerprint density at radius 2 is 1.62 bits per heavy atom. The van der Waals surface area contributed by atoms with Gasteiger partial charge in [-0.15, -0.1) is 0 Å². The van der Waals surface area contributed by atoms with Crippen LogP contribution in [0.15, 0.2) is 29.8 Å². The highest BCUT2D eigenvalue weighted by Gasteiger charge is 2.17. The summed E-state index contributed by atoms with van der Waals surface area (Å²) in [4.78, 5) is 11.1. The molecule has 0 spiro atoms. The molecular weight excluding hydrogens is 268 g/mol. The molecule has 110 valence electrons. The van der Waals surface area contributed by atoms with E-state index in [1.165, 1.54) is 0 Å². The van der Waals surface area contributed by atoms with Crippen LogP contribution in [-0.4, -0.2) is 25.3 Å². The van der Waals surface area contributed by atoms with Crippen LogP contribution in [0.1, 0.15) is 18.1 Å². The molecule has 0 unspecified atom stereocenters. The van der Waals surface area contributed by atoms with Gasteiger partial charge >= 0.3 is 5.97 Å². The van der Waals surface area contributed by atoms with Crippen LogP contribution in [0.5, 0.6) is 11.5 Å². The summed E-state index contributed by atoms with van der Waals surface area (Å²) in [6.45, 7) is 3.46. The Bertz CT molecular complexity index is 729. The normalized spacial score (nSPS) is 11.5. The van der Waals surface area contributed by atoms with E-state index in [-0.39, 0.29) is 5.57 Å². The fourth-order valence-corrected chi connectivity index (χ4v) is 2.45. The van der Waals surface area contributed by atoms with E-state index in [4.69, 9.17) is 14.6 Å². The Balaban J connectivity index is 2.90. The van der Waals surface area contributed by atoms with Gasteiger partial charge in [0.15, 0.2) is 0 Å². The van der Waals surface area contributed by atoms with E-state index >= 15 is 0 Å². The number of carbonyl (C=O) groups is 1. The molecule has 0 aliphatic rings. The van der Waals surface area contributed by atoms with Crippen LogP contribution in [0.4, 0.5) is 0 Å². The lowest BCUT2D eigenvalue weighted by atomic mass is 9.97. The molecule has 0 bridgehead atoms. The second-order valence-corrected chi connectivity index (χ2v) is 4.78. The molecule has 4 heteroatoms. The first-order valence-electron chi connectivity index (χ1n) is 6.56. The van der Waals surface area contributed by atoms with Gasteiger partial charge in [-0.1, -0.05) is 24.3 Å². The summed E-state index contributed by atoms with van der Waals surface area (Å²) < 4.78 is 11.0. The Morgan fingerprint density at radius 1 is 1.10 bits per heavy atom. The number of carboxylic acids is 1. The van der Waals surface area contributed by atoms with E-state index in [9.17, 15) is 4.79 Å². The molecule has 2 rings (SSSR count). The molecule has 0 amide bonds. The molecule has 0 aromatic heterocycles. The zero-order valence-corrected chi connectivity index (χ0v) is 12.6. The average molecular weight is 286 g/mol. The third-order valence-corrected chi connectivity index (χ3v) is 3.51. The summed E-state index contributed by atoms with van der Waals surface area (Å²) >= 11 is 0. The highest BCUT2D eigenvalue weighted by Crippen LogP contribution is 2.41. The molecule has 0 heterocycles. The summed E-state index contributed by atoms with van der Waals surface area (Å²) in [6.07, 6.45) is 1.62. The van der Waals surface area contributed by atoms with Gasteiger partial charge in [0, 0.05) is 27.5 Å². The molecule has 0 aliphatic carbocycles. The van der Waals surface area contributed by atoms with E-state index < -0.39 is 5.97 Å². The van der Waals surface area contributed by atoms with Crippen molar-refractivity contribution in [3.8, 4) is 11.5 Å². The van der Waals surface area contributed by atoms with Gasteiger partial charge in [0.1, 0.15) is 11.5 Å². The minimum atomic E-state index is -0.955. The van der Waals surface area contributed by atoms with E-state index in [2.05, 4.69) is 0 Å². The highest BCUT2D eigenvalue weighted by atomic mass is 16.5. The Labute approximate surface area is 123 Å². The fraction of sp³-hybridized carbons (Fsp3) is 0.235. The quantitative estimate of drug-likeness (QED) is 0.872. The number of rotatable bonds is 4. The number of benzene rings is 2. The van der Waals surface area contributed by atoms with E-state index in [0.717, 1.165) is 27.6 Å². The van der Waals surface area contributed by atoms with Gasteiger partial charge in [0.05, 0.1) is 14.2 Å². The lowest BCUT2D eigenvalue weighted by Gasteiger charge is -2.17. The van der Waals surface area contributed by atoms with Crippen molar-refractivity contribution in [3.05, 3.63) is 41.0 Å². The van der Waals surface area contributed by atoms with Crippen molar-refractivity contribution in [1.82, 2.24) is 0 Å². The smallest absolute Gasteiger partial charge is 0.331 e. The van der Waals surface area contributed by atoms with Crippen LogP contribution in [0.3, 0.4) is 0 Å². The first-order chi connectivity index (χ1) is 10.0. The van der Waals surface area contributed by atoms with Crippen LogP contribution in [-0.2, 0) is 4.79 Å². The number of ether oxygens (including phenoxy) is 2. The summed E-state index contributed by atoms with van der Waals surface area (Å²) in [5.74, 6) is 0.434. The van der Waals surface area contributed by atoms with Gasteiger partial charge in [-0.05, 0) is 19.9 Å². The fourth-order valence-electron chi connectivity index (χ4n) is 2.45. The first kappa shape index (κ1) is 14.9. The van der Waals surface area contributed by atoms with Crippen LogP contribution in [0.2, 0.25) is 0 Å². The monoisotopic (exact) mass is 286 g/mol.